The van der Waals surface area contributed by atoms with E-state index in [2.05, 4.69) is 15.5 Å². The number of aromatic nitrogens is 2. The summed E-state index contributed by atoms with van der Waals surface area (Å²) in [6.45, 7) is 1.35. The summed E-state index contributed by atoms with van der Waals surface area (Å²) in [7, 11) is 0. The van der Waals surface area contributed by atoms with Crippen molar-refractivity contribution in [1.29, 1.82) is 0 Å². The number of rotatable bonds is 4. The van der Waals surface area contributed by atoms with Gasteiger partial charge in [0.15, 0.2) is 0 Å². The zero-order valence-electron chi connectivity index (χ0n) is 17.8. The third kappa shape index (κ3) is 3.66. The number of halogens is 3. The molecule has 34 heavy (non-hydrogen) atoms. The van der Waals surface area contributed by atoms with Gasteiger partial charge >= 0.3 is 12.2 Å². The number of hydrogen-bond donors (Lipinski definition) is 1. The van der Waals surface area contributed by atoms with Crippen molar-refractivity contribution >= 4 is 22.7 Å². The van der Waals surface area contributed by atoms with Crippen LogP contribution in [-0.2, 0) is 23.1 Å². The van der Waals surface area contributed by atoms with Gasteiger partial charge in [0.05, 0.1) is 5.56 Å². The van der Waals surface area contributed by atoms with Crippen LogP contribution < -0.4 is 5.32 Å². The molecule has 0 bridgehead atoms. The molecule has 0 spiro atoms. The minimum atomic E-state index is -4.46. The predicted molar refractivity (Wildman–Crippen MR) is 115 cm³/mol. The topological polar surface area (TPSA) is 88.3 Å². The molecule has 3 aromatic carbocycles. The first-order valence-corrected chi connectivity index (χ1v) is 10.3. The minimum Gasteiger partial charge on any atom is -0.337 e. The number of carbonyl (C=O) groups excluding carboxylic acids is 2. The highest BCUT2D eigenvalue weighted by Gasteiger charge is 2.49. The number of hydrogen-bond acceptors (Lipinski definition) is 5. The lowest BCUT2D eigenvalue weighted by molar-refractivity contribution is -0.137. The lowest BCUT2D eigenvalue weighted by Gasteiger charge is -2.22. The van der Waals surface area contributed by atoms with Crippen LogP contribution in [0.5, 0.6) is 0 Å². The molecule has 7 nitrogen and oxygen atoms in total. The average Bonchev–Trinajstić information content (AvgIpc) is 3.37. The van der Waals surface area contributed by atoms with E-state index >= 15 is 0 Å². The van der Waals surface area contributed by atoms with Gasteiger partial charge in [-0.15, -0.1) is 0 Å². The Morgan fingerprint density at radius 3 is 2.41 bits per heavy atom. The van der Waals surface area contributed by atoms with Crippen LogP contribution in [-0.4, -0.2) is 27.0 Å². The second-order valence-corrected chi connectivity index (χ2v) is 8.10. The first kappa shape index (κ1) is 21.6. The lowest BCUT2D eigenvalue weighted by Crippen LogP contribution is -2.40. The van der Waals surface area contributed by atoms with Crippen molar-refractivity contribution in [1.82, 2.24) is 20.4 Å². The van der Waals surface area contributed by atoms with Crippen LogP contribution in [0.4, 0.5) is 18.0 Å². The van der Waals surface area contributed by atoms with E-state index in [1.54, 1.807) is 13.0 Å². The molecule has 5 rings (SSSR count). The summed E-state index contributed by atoms with van der Waals surface area (Å²) in [6.07, 6.45) is -4.46. The molecular weight excluding hydrogens is 449 g/mol. The molecule has 2 heterocycles. The zero-order valence-corrected chi connectivity index (χ0v) is 17.8. The first-order valence-electron chi connectivity index (χ1n) is 10.3. The van der Waals surface area contributed by atoms with Crippen LogP contribution in [0.15, 0.2) is 71.3 Å². The monoisotopic (exact) mass is 466 g/mol. The quantitative estimate of drug-likeness (QED) is 0.434. The molecule has 1 aliphatic heterocycles. The molecular formula is C24H17F3N4O3. The standard InChI is InChI=1S/C24H17F3N4O3/c1-23(18-11-6-14-4-2-3-5-16(14)12-18)21(32)31(22(33)29-23)13-19-28-20(30-34-19)15-7-9-17(10-8-15)24(25,26)27/h2-12H,13H2,1H3,(H,29,33). The van der Waals surface area contributed by atoms with Gasteiger partial charge in [-0.25, -0.2) is 4.79 Å². The summed E-state index contributed by atoms with van der Waals surface area (Å²) in [5.74, 6) is -0.462. The van der Waals surface area contributed by atoms with E-state index in [1.165, 1.54) is 12.1 Å². The number of fused-ring (bicyclic) bond motifs is 1. The van der Waals surface area contributed by atoms with Gasteiger partial charge in [0.2, 0.25) is 11.7 Å². The first-order chi connectivity index (χ1) is 16.1. The molecule has 1 saturated heterocycles. The summed E-state index contributed by atoms with van der Waals surface area (Å²) in [5.41, 5.74) is -1.14. The Labute approximate surface area is 191 Å². The third-order valence-electron chi connectivity index (χ3n) is 5.83. The molecule has 10 heteroatoms. The maximum absolute atomic E-state index is 13.2. The van der Waals surface area contributed by atoms with Crippen LogP contribution in [0.1, 0.15) is 23.9 Å². The highest BCUT2D eigenvalue weighted by Crippen LogP contribution is 2.33. The van der Waals surface area contributed by atoms with Gasteiger partial charge in [-0.3, -0.25) is 9.69 Å². The fourth-order valence-electron chi connectivity index (χ4n) is 3.92. The second-order valence-electron chi connectivity index (χ2n) is 8.10. The average molecular weight is 466 g/mol. The third-order valence-corrected chi connectivity index (χ3v) is 5.83. The lowest BCUT2D eigenvalue weighted by atomic mass is 9.90. The Bertz CT molecular complexity index is 1420. The van der Waals surface area contributed by atoms with Gasteiger partial charge in [0.1, 0.15) is 12.1 Å². The van der Waals surface area contributed by atoms with Gasteiger partial charge in [0.25, 0.3) is 5.91 Å². The summed E-state index contributed by atoms with van der Waals surface area (Å²) in [4.78, 5) is 31.0. The Balaban J connectivity index is 1.37. The predicted octanol–water partition coefficient (Wildman–Crippen LogP) is 4.88. The number of urea groups is 1. The number of imide groups is 1. The second kappa shape index (κ2) is 7.68. The smallest absolute Gasteiger partial charge is 0.337 e. The van der Waals surface area contributed by atoms with Crippen LogP contribution in [0.2, 0.25) is 0 Å². The maximum atomic E-state index is 13.2. The molecule has 172 valence electrons. The molecule has 1 aliphatic rings. The zero-order chi connectivity index (χ0) is 24.1. The number of nitrogens with zero attached hydrogens (tertiary/aromatic N) is 3. The number of carbonyl (C=O) groups is 2. The summed E-state index contributed by atoms with van der Waals surface area (Å²) >= 11 is 0. The van der Waals surface area contributed by atoms with Crippen molar-refractivity contribution in [2.24, 2.45) is 0 Å². The van der Waals surface area contributed by atoms with Crippen molar-refractivity contribution in [3.05, 3.63) is 83.7 Å². The molecule has 1 fully saturated rings. The van der Waals surface area contributed by atoms with Crippen molar-refractivity contribution in [2.45, 2.75) is 25.2 Å². The van der Waals surface area contributed by atoms with Crippen molar-refractivity contribution in [3.63, 3.8) is 0 Å². The van der Waals surface area contributed by atoms with E-state index in [9.17, 15) is 22.8 Å². The number of amides is 3. The molecule has 1 aromatic heterocycles. The van der Waals surface area contributed by atoms with Gasteiger partial charge in [-0.2, -0.15) is 18.2 Å². The molecule has 0 aliphatic carbocycles. The summed E-state index contributed by atoms with van der Waals surface area (Å²) in [5, 5.41) is 8.43. The molecule has 3 amide bonds. The Hall–Kier alpha value is -4.21. The van der Waals surface area contributed by atoms with Crippen molar-refractivity contribution in [3.8, 4) is 11.4 Å². The van der Waals surface area contributed by atoms with Crippen molar-refractivity contribution in [2.75, 3.05) is 0 Å². The highest BCUT2D eigenvalue weighted by molar-refractivity contribution is 6.07. The number of benzene rings is 3. The molecule has 1 N–H and O–H groups in total. The minimum absolute atomic E-state index is 0.0267. The normalized spacial score (nSPS) is 18.5. The largest absolute Gasteiger partial charge is 0.416 e. The molecule has 0 radical (unpaired) electrons. The molecule has 0 saturated carbocycles. The molecule has 1 unspecified atom stereocenters. The summed E-state index contributed by atoms with van der Waals surface area (Å²) < 4.78 is 43.4. The van der Waals surface area contributed by atoms with Gasteiger partial charge in [0, 0.05) is 5.56 Å². The van der Waals surface area contributed by atoms with E-state index < -0.39 is 29.2 Å². The van der Waals surface area contributed by atoms with E-state index in [-0.39, 0.29) is 18.3 Å². The fraction of sp³-hybridized carbons (Fsp3) is 0.167. The summed E-state index contributed by atoms with van der Waals surface area (Å²) in [6, 6.07) is 16.9. The van der Waals surface area contributed by atoms with E-state index in [0.717, 1.165) is 27.8 Å². The van der Waals surface area contributed by atoms with Crippen LogP contribution >= 0.6 is 0 Å². The van der Waals surface area contributed by atoms with Crippen LogP contribution in [0.3, 0.4) is 0 Å². The van der Waals surface area contributed by atoms with Crippen LogP contribution in [0.25, 0.3) is 22.2 Å². The maximum Gasteiger partial charge on any atom is 0.416 e. The fourth-order valence-corrected chi connectivity index (χ4v) is 3.92. The SMILES string of the molecule is CC1(c2ccc3ccccc3c2)NC(=O)N(Cc2nc(-c3ccc(C(F)(F)F)cc3)no2)C1=O. The Morgan fingerprint density at radius 2 is 1.71 bits per heavy atom. The number of nitrogens with one attached hydrogen (secondary N) is 1. The Kier molecular flexibility index (Phi) is 4.89. The van der Waals surface area contributed by atoms with Gasteiger partial charge in [-0.1, -0.05) is 53.7 Å². The molecule has 4 aromatic rings. The van der Waals surface area contributed by atoms with Crippen molar-refractivity contribution < 1.29 is 27.3 Å². The van der Waals surface area contributed by atoms with E-state index in [0.29, 0.717) is 11.1 Å². The van der Waals surface area contributed by atoms with Crippen LogP contribution in [0, 0.1) is 0 Å². The van der Waals surface area contributed by atoms with E-state index in [4.69, 9.17) is 4.52 Å². The Morgan fingerprint density at radius 1 is 1.00 bits per heavy atom. The van der Waals surface area contributed by atoms with E-state index in [1.807, 2.05) is 36.4 Å². The van der Waals surface area contributed by atoms with Gasteiger partial charge < -0.3 is 9.84 Å². The van der Waals surface area contributed by atoms with Gasteiger partial charge in [-0.05, 0) is 41.5 Å². The molecule has 1 atom stereocenters. The highest BCUT2D eigenvalue weighted by atomic mass is 19.4. The number of alkyl halides is 3.